The number of rotatable bonds is 9. The predicted molar refractivity (Wildman–Crippen MR) is 122 cm³/mol. The van der Waals surface area contributed by atoms with Crippen LogP contribution in [0.1, 0.15) is 66.5 Å². The average Bonchev–Trinajstić information content (AvgIpc) is 2.71. The normalized spacial score (nSPS) is 12.3. The van der Waals surface area contributed by atoms with E-state index >= 15 is 0 Å². The van der Waals surface area contributed by atoms with Crippen LogP contribution in [-0.4, -0.2) is 30.0 Å². The molecule has 0 aliphatic heterocycles. The number of phenols is 2. The highest BCUT2D eigenvalue weighted by Crippen LogP contribution is 2.37. The molecule has 3 N–H and O–H groups in total. The topological polar surface area (TPSA) is 71.0 Å². The molecule has 0 aliphatic rings. The highest BCUT2D eigenvalue weighted by atomic mass is 16.5. The number of aromatic hydroxyl groups is 2. The summed E-state index contributed by atoms with van der Waals surface area (Å²) in [7, 11) is 1.67. The molecule has 0 saturated heterocycles. The Morgan fingerprint density at radius 2 is 1.67 bits per heavy atom. The predicted octanol–water partition coefficient (Wildman–Crippen LogP) is 5.41. The van der Waals surface area contributed by atoms with Gasteiger partial charge in [0.15, 0.2) is 0 Å². The van der Waals surface area contributed by atoms with Crippen LogP contribution in [0.3, 0.4) is 0 Å². The van der Waals surface area contributed by atoms with Crippen molar-refractivity contribution < 1.29 is 19.7 Å². The van der Waals surface area contributed by atoms with E-state index in [9.17, 15) is 10.2 Å². The number of methoxy groups -OCH3 is 1. The molecular formula is C25H37NO4. The maximum Gasteiger partial charge on any atom is 0.127 e. The quantitative estimate of drug-likeness (QED) is 0.511. The van der Waals surface area contributed by atoms with Crippen molar-refractivity contribution in [3.05, 3.63) is 45.5 Å². The van der Waals surface area contributed by atoms with Gasteiger partial charge in [0.1, 0.15) is 29.1 Å². The van der Waals surface area contributed by atoms with Crippen LogP contribution in [0.4, 0.5) is 0 Å². The zero-order valence-corrected chi connectivity index (χ0v) is 19.6. The van der Waals surface area contributed by atoms with E-state index in [0.717, 1.165) is 51.3 Å². The van der Waals surface area contributed by atoms with Gasteiger partial charge in [0.05, 0.1) is 7.11 Å². The van der Waals surface area contributed by atoms with Crippen molar-refractivity contribution in [2.24, 2.45) is 0 Å². The van der Waals surface area contributed by atoms with Gasteiger partial charge in [-0.15, -0.1) is 0 Å². The molecule has 0 bridgehead atoms. The summed E-state index contributed by atoms with van der Waals surface area (Å²) in [5.41, 5.74) is 5.44. The van der Waals surface area contributed by atoms with E-state index in [2.05, 4.69) is 26.1 Å². The number of benzene rings is 2. The fourth-order valence-electron chi connectivity index (χ4n) is 3.70. The molecule has 0 amide bonds. The summed E-state index contributed by atoms with van der Waals surface area (Å²) in [6.45, 7) is 15.2. The highest BCUT2D eigenvalue weighted by Gasteiger charge is 2.19. The number of phenolic OH excluding ortho intramolecular Hbond substituents is 2. The average molecular weight is 416 g/mol. The van der Waals surface area contributed by atoms with Crippen molar-refractivity contribution >= 4 is 0 Å². The molecule has 1 atom stereocenters. The molecular weight excluding hydrogens is 378 g/mol. The Morgan fingerprint density at radius 3 is 2.23 bits per heavy atom. The lowest BCUT2D eigenvalue weighted by molar-refractivity contribution is 0.190. The van der Waals surface area contributed by atoms with Gasteiger partial charge in [0.2, 0.25) is 0 Å². The Balaban J connectivity index is 2.16. The summed E-state index contributed by atoms with van der Waals surface area (Å²) in [5.74, 6) is 2.53. The van der Waals surface area contributed by atoms with E-state index in [1.165, 1.54) is 0 Å². The highest BCUT2D eigenvalue weighted by molar-refractivity contribution is 5.57. The molecule has 166 valence electrons. The second kappa shape index (κ2) is 10.1. The molecule has 30 heavy (non-hydrogen) atoms. The summed E-state index contributed by atoms with van der Waals surface area (Å²) in [5, 5.41) is 24.0. The van der Waals surface area contributed by atoms with Gasteiger partial charge in [-0.2, -0.15) is 0 Å². The maximum absolute atomic E-state index is 10.4. The van der Waals surface area contributed by atoms with Gasteiger partial charge >= 0.3 is 0 Å². The van der Waals surface area contributed by atoms with Crippen LogP contribution in [0.5, 0.6) is 23.0 Å². The van der Waals surface area contributed by atoms with Crippen LogP contribution >= 0.6 is 0 Å². The molecule has 2 rings (SSSR count). The third kappa shape index (κ3) is 5.01. The summed E-state index contributed by atoms with van der Waals surface area (Å²) >= 11 is 0. The van der Waals surface area contributed by atoms with Gasteiger partial charge in [-0.3, -0.25) is 0 Å². The van der Waals surface area contributed by atoms with Crippen LogP contribution in [0.25, 0.3) is 0 Å². The van der Waals surface area contributed by atoms with Crippen molar-refractivity contribution in [3.8, 4) is 23.0 Å². The largest absolute Gasteiger partial charge is 0.508 e. The molecule has 5 heteroatoms. The minimum Gasteiger partial charge on any atom is -0.508 e. The molecule has 0 radical (unpaired) electrons. The van der Waals surface area contributed by atoms with E-state index in [4.69, 9.17) is 9.47 Å². The molecule has 5 nitrogen and oxygen atoms in total. The van der Waals surface area contributed by atoms with Crippen LogP contribution in [0.2, 0.25) is 0 Å². The Kier molecular flexibility index (Phi) is 8.02. The van der Waals surface area contributed by atoms with Crippen molar-refractivity contribution in [3.63, 3.8) is 0 Å². The lowest BCUT2D eigenvalue weighted by atomic mass is 9.97. The molecule has 0 aromatic heterocycles. The van der Waals surface area contributed by atoms with E-state index in [-0.39, 0.29) is 12.0 Å². The van der Waals surface area contributed by atoms with Crippen molar-refractivity contribution in [2.45, 2.75) is 73.5 Å². The first-order valence-electron chi connectivity index (χ1n) is 10.7. The van der Waals surface area contributed by atoms with Gasteiger partial charge in [-0.25, -0.2) is 0 Å². The SMILES string of the molecule is CCC(CNCc1c(C)c(O)c(C)c(C)c1OC)Oc1cc(C)c(O)cc1C(C)C. The van der Waals surface area contributed by atoms with Gasteiger partial charge in [-0.1, -0.05) is 20.8 Å². The first kappa shape index (κ1) is 23.9. The Morgan fingerprint density at radius 1 is 1.00 bits per heavy atom. The van der Waals surface area contributed by atoms with Crippen LogP contribution in [0, 0.1) is 27.7 Å². The second-order valence-electron chi connectivity index (χ2n) is 8.35. The number of nitrogens with one attached hydrogen (secondary N) is 1. The van der Waals surface area contributed by atoms with E-state index in [0.29, 0.717) is 24.6 Å². The molecule has 2 aromatic rings. The van der Waals surface area contributed by atoms with E-state index in [1.54, 1.807) is 7.11 Å². The van der Waals surface area contributed by atoms with Crippen molar-refractivity contribution in [1.29, 1.82) is 0 Å². The van der Waals surface area contributed by atoms with Crippen molar-refractivity contribution in [2.75, 3.05) is 13.7 Å². The number of hydrogen-bond acceptors (Lipinski definition) is 5. The first-order chi connectivity index (χ1) is 14.1. The minimum atomic E-state index is -0.0158. The van der Waals surface area contributed by atoms with E-state index in [1.807, 2.05) is 39.8 Å². The molecule has 0 spiro atoms. The molecule has 0 saturated carbocycles. The second-order valence-corrected chi connectivity index (χ2v) is 8.35. The Labute approximate surface area is 181 Å². The first-order valence-corrected chi connectivity index (χ1v) is 10.7. The summed E-state index contributed by atoms with van der Waals surface area (Å²) in [4.78, 5) is 0. The number of ether oxygens (including phenoxy) is 2. The number of aryl methyl sites for hydroxylation is 1. The standard InChI is InChI=1S/C25H37NO4/c1-9-19(30-23-10-15(4)22(27)11-20(23)14(2)3)12-26-13-21-18(7)24(28)16(5)17(6)25(21)29-8/h10-11,14,19,26-28H,9,12-13H2,1-8H3. The Bertz CT molecular complexity index is 890. The van der Waals surface area contributed by atoms with Crippen LogP contribution in [-0.2, 0) is 6.54 Å². The van der Waals surface area contributed by atoms with Gasteiger partial charge in [0.25, 0.3) is 0 Å². The van der Waals surface area contributed by atoms with Gasteiger partial charge in [0, 0.05) is 24.2 Å². The zero-order valence-electron chi connectivity index (χ0n) is 19.6. The third-order valence-electron chi connectivity index (χ3n) is 5.92. The smallest absolute Gasteiger partial charge is 0.127 e. The molecule has 2 aromatic carbocycles. The fraction of sp³-hybridized carbons (Fsp3) is 0.520. The summed E-state index contributed by atoms with van der Waals surface area (Å²) < 4.78 is 12.0. The van der Waals surface area contributed by atoms with Crippen molar-refractivity contribution in [1.82, 2.24) is 5.32 Å². The fourth-order valence-corrected chi connectivity index (χ4v) is 3.70. The lowest BCUT2D eigenvalue weighted by Gasteiger charge is -2.23. The maximum atomic E-state index is 10.4. The summed E-state index contributed by atoms with van der Waals surface area (Å²) in [6.07, 6.45) is 0.830. The molecule has 0 fully saturated rings. The van der Waals surface area contributed by atoms with E-state index < -0.39 is 0 Å². The zero-order chi connectivity index (χ0) is 22.6. The Hall–Kier alpha value is -2.40. The van der Waals surface area contributed by atoms with Crippen LogP contribution < -0.4 is 14.8 Å². The summed E-state index contributed by atoms with van der Waals surface area (Å²) in [6, 6.07) is 3.73. The third-order valence-corrected chi connectivity index (χ3v) is 5.92. The van der Waals surface area contributed by atoms with Crippen LogP contribution in [0.15, 0.2) is 12.1 Å². The number of hydrogen-bond donors (Lipinski definition) is 3. The molecule has 1 unspecified atom stereocenters. The van der Waals surface area contributed by atoms with Gasteiger partial charge in [-0.05, 0) is 74.4 Å². The molecule has 0 aliphatic carbocycles. The monoisotopic (exact) mass is 415 g/mol. The minimum absolute atomic E-state index is 0.0158. The lowest BCUT2D eigenvalue weighted by Crippen LogP contribution is -2.31. The van der Waals surface area contributed by atoms with Gasteiger partial charge < -0.3 is 25.0 Å². The molecule has 0 heterocycles.